The number of methoxy groups -OCH3 is 1. The van der Waals surface area contributed by atoms with Crippen LogP contribution in [0.1, 0.15) is 63.7 Å². The van der Waals surface area contributed by atoms with Crippen molar-refractivity contribution in [2.45, 2.75) is 58.9 Å². The number of benzene rings is 1. The number of amides is 5. The van der Waals surface area contributed by atoms with Crippen molar-refractivity contribution in [3.05, 3.63) is 23.8 Å². The molecule has 2 atom stereocenters. The van der Waals surface area contributed by atoms with Crippen molar-refractivity contribution in [1.82, 2.24) is 21.1 Å². The quantitative estimate of drug-likeness (QED) is 0.412. The van der Waals surface area contributed by atoms with Crippen LogP contribution in [-0.2, 0) is 9.59 Å². The molecule has 2 aliphatic rings. The van der Waals surface area contributed by atoms with Gasteiger partial charge in [-0.3, -0.25) is 30.1 Å². The molecule has 10 nitrogen and oxygen atoms in total. The van der Waals surface area contributed by atoms with Crippen LogP contribution in [0.4, 0.5) is 4.79 Å². The van der Waals surface area contributed by atoms with Crippen molar-refractivity contribution in [3.63, 3.8) is 0 Å². The lowest BCUT2D eigenvalue weighted by molar-refractivity contribution is -0.137. The van der Waals surface area contributed by atoms with E-state index in [0.29, 0.717) is 30.9 Å². The van der Waals surface area contributed by atoms with E-state index in [1.54, 1.807) is 12.1 Å². The second-order valence-electron chi connectivity index (χ2n) is 9.97. The number of ether oxygens (including phenoxy) is 2. The number of urea groups is 1. The molecule has 1 aliphatic heterocycles. The molecule has 5 amide bonds. The Morgan fingerprint density at radius 1 is 1.18 bits per heavy atom. The van der Waals surface area contributed by atoms with Gasteiger partial charge in [0, 0.05) is 5.56 Å². The van der Waals surface area contributed by atoms with Crippen molar-refractivity contribution in [2.75, 3.05) is 20.3 Å². The van der Waals surface area contributed by atoms with Gasteiger partial charge in [-0.1, -0.05) is 27.7 Å². The summed E-state index contributed by atoms with van der Waals surface area (Å²) in [4.78, 5) is 51.5. The third kappa shape index (κ3) is 5.43. The number of hydrazine groups is 1. The van der Waals surface area contributed by atoms with Gasteiger partial charge in [-0.2, -0.15) is 0 Å². The Hall–Kier alpha value is -3.30. The van der Waals surface area contributed by atoms with Crippen LogP contribution in [0, 0.1) is 11.3 Å². The minimum atomic E-state index is -0.986. The highest BCUT2D eigenvalue weighted by atomic mass is 16.5. The molecular weight excluding hydrogens is 440 g/mol. The first-order valence-corrected chi connectivity index (χ1v) is 11.5. The Morgan fingerprint density at radius 3 is 2.56 bits per heavy atom. The third-order valence-electron chi connectivity index (χ3n) is 6.13. The van der Waals surface area contributed by atoms with E-state index in [2.05, 4.69) is 36.9 Å². The summed E-state index contributed by atoms with van der Waals surface area (Å²) < 4.78 is 10.8. The predicted octanol–water partition coefficient (Wildman–Crippen LogP) is 2.38. The highest BCUT2D eigenvalue weighted by Gasteiger charge is 2.56. The maximum absolute atomic E-state index is 13.1. The molecule has 10 heteroatoms. The molecule has 186 valence electrons. The highest BCUT2D eigenvalue weighted by Crippen LogP contribution is 2.46. The molecule has 3 rings (SSSR count). The van der Waals surface area contributed by atoms with Gasteiger partial charge in [-0.25, -0.2) is 4.79 Å². The molecule has 2 fully saturated rings. The molecule has 1 aliphatic carbocycles. The molecule has 2 unspecified atom stereocenters. The van der Waals surface area contributed by atoms with Gasteiger partial charge >= 0.3 is 6.03 Å². The van der Waals surface area contributed by atoms with Crippen molar-refractivity contribution in [1.29, 1.82) is 0 Å². The SMILES string of the molecule is CCCOc1ccc(C(=O)NNC(=O)CN2C(=O)NC3(CC(C)CC(C)(C)C3)C2=O)cc1OC. The monoisotopic (exact) mass is 474 g/mol. The van der Waals surface area contributed by atoms with Gasteiger partial charge in [0.05, 0.1) is 13.7 Å². The Balaban J connectivity index is 1.59. The van der Waals surface area contributed by atoms with Crippen molar-refractivity contribution in [3.8, 4) is 11.5 Å². The first-order valence-electron chi connectivity index (χ1n) is 11.5. The molecule has 1 spiro atoms. The molecule has 1 saturated carbocycles. The fourth-order valence-electron chi connectivity index (χ4n) is 5.17. The smallest absolute Gasteiger partial charge is 0.325 e. The lowest BCUT2D eigenvalue weighted by Crippen LogP contribution is -2.54. The summed E-state index contributed by atoms with van der Waals surface area (Å²) in [5.74, 6) is -0.501. The van der Waals surface area contributed by atoms with Crippen LogP contribution in [0.5, 0.6) is 11.5 Å². The van der Waals surface area contributed by atoms with Gasteiger partial charge in [-0.15, -0.1) is 0 Å². The zero-order valence-corrected chi connectivity index (χ0v) is 20.4. The number of carbonyl (C=O) groups is 4. The van der Waals surface area contributed by atoms with Gasteiger partial charge in [0.25, 0.3) is 17.7 Å². The fourth-order valence-corrected chi connectivity index (χ4v) is 5.17. The number of hydrogen-bond acceptors (Lipinski definition) is 6. The molecule has 1 saturated heterocycles. The molecule has 1 aromatic carbocycles. The molecule has 34 heavy (non-hydrogen) atoms. The second-order valence-corrected chi connectivity index (χ2v) is 9.97. The molecule has 1 aromatic rings. The van der Waals surface area contributed by atoms with Crippen LogP contribution in [0.3, 0.4) is 0 Å². The normalized spacial score (nSPS) is 23.4. The standard InChI is InChI=1S/C24H34N4O6/c1-6-9-34-17-8-7-16(10-18(17)33-5)20(30)27-26-19(29)13-28-21(31)24(25-22(28)32)12-15(2)11-23(3,4)14-24/h7-8,10,15H,6,9,11-14H2,1-5H3,(H,25,32)(H,26,29)(H,27,30). The topological polar surface area (TPSA) is 126 Å². The van der Waals surface area contributed by atoms with Crippen LogP contribution in [-0.4, -0.2) is 54.5 Å². The molecule has 3 N–H and O–H groups in total. The van der Waals surface area contributed by atoms with Gasteiger partial charge in [0.1, 0.15) is 12.1 Å². The molecule has 0 aromatic heterocycles. The Morgan fingerprint density at radius 2 is 1.91 bits per heavy atom. The van der Waals surface area contributed by atoms with Crippen LogP contribution >= 0.6 is 0 Å². The summed E-state index contributed by atoms with van der Waals surface area (Å²) in [5.41, 5.74) is 3.72. The molecule has 1 heterocycles. The maximum Gasteiger partial charge on any atom is 0.325 e. The van der Waals surface area contributed by atoms with Gasteiger partial charge in [-0.05, 0) is 55.2 Å². The maximum atomic E-state index is 13.1. The van der Waals surface area contributed by atoms with E-state index >= 15 is 0 Å². The van der Waals surface area contributed by atoms with Crippen LogP contribution in [0.2, 0.25) is 0 Å². The zero-order valence-electron chi connectivity index (χ0n) is 20.4. The average molecular weight is 475 g/mol. The number of imide groups is 1. The van der Waals surface area contributed by atoms with E-state index in [9.17, 15) is 19.2 Å². The van der Waals surface area contributed by atoms with E-state index in [1.807, 2.05) is 6.92 Å². The lowest BCUT2D eigenvalue weighted by atomic mass is 9.64. The molecule has 0 bridgehead atoms. The van der Waals surface area contributed by atoms with Gasteiger partial charge in [0.2, 0.25) is 0 Å². The third-order valence-corrected chi connectivity index (χ3v) is 6.13. The van der Waals surface area contributed by atoms with E-state index in [-0.39, 0.29) is 16.9 Å². The second kappa shape index (κ2) is 9.90. The summed E-state index contributed by atoms with van der Waals surface area (Å²) >= 11 is 0. The van der Waals surface area contributed by atoms with Gasteiger partial charge < -0.3 is 14.8 Å². The predicted molar refractivity (Wildman–Crippen MR) is 124 cm³/mol. The number of nitrogens with zero attached hydrogens (tertiary/aromatic N) is 1. The van der Waals surface area contributed by atoms with Crippen LogP contribution in [0.15, 0.2) is 18.2 Å². The Labute approximate surface area is 199 Å². The lowest BCUT2D eigenvalue weighted by Gasteiger charge is -2.43. The largest absolute Gasteiger partial charge is 0.493 e. The minimum absolute atomic E-state index is 0.106. The number of carbonyl (C=O) groups excluding carboxylic acids is 4. The van der Waals surface area contributed by atoms with Crippen molar-refractivity contribution < 1.29 is 28.7 Å². The van der Waals surface area contributed by atoms with Crippen molar-refractivity contribution >= 4 is 23.8 Å². The first-order chi connectivity index (χ1) is 16.0. The van der Waals surface area contributed by atoms with E-state index in [4.69, 9.17) is 9.47 Å². The number of nitrogens with one attached hydrogen (secondary N) is 3. The van der Waals surface area contributed by atoms with E-state index in [1.165, 1.54) is 13.2 Å². The molecular formula is C24H34N4O6. The number of hydrogen-bond donors (Lipinski definition) is 3. The first kappa shape index (κ1) is 25.3. The van der Waals surface area contributed by atoms with Crippen LogP contribution < -0.4 is 25.6 Å². The van der Waals surface area contributed by atoms with E-state index < -0.39 is 35.8 Å². The summed E-state index contributed by atoms with van der Waals surface area (Å²) in [6.45, 7) is 8.21. The van der Waals surface area contributed by atoms with Crippen molar-refractivity contribution in [2.24, 2.45) is 11.3 Å². The van der Waals surface area contributed by atoms with E-state index in [0.717, 1.165) is 17.7 Å². The summed E-state index contributed by atoms with van der Waals surface area (Å²) in [6.07, 6.45) is 2.84. The van der Waals surface area contributed by atoms with Gasteiger partial charge in [0.15, 0.2) is 11.5 Å². The minimum Gasteiger partial charge on any atom is -0.493 e. The fraction of sp³-hybridized carbons (Fsp3) is 0.583. The Bertz CT molecular complexity index is 978. The molecule has 0 radical (unpaired) electrons. The summed E-state index contributed by atoms with van der Waals surface area (Å²) in [7, 11) is 1.47. The van der Waals surface area contributed by atoms with Crippen LogP contribution in [0.25, 0.3) is 0 Å². The summed E-state index contributed by atoms with van der Waals surface area (Å²) in [5, 5.41) is 2.83. The zero-order chi connectivity index (χ0) is 25.1. The summed E-state index contributed by atoms with van der Waals surface area (Å²) in [6, 6.07) is 4.07. The Kier molecular flexibility index (Phi) is 7.38. The highest BCUT2D eigenvalue weighted by molar-refractivity contribution is 6.09. The number of rotatable bonds is 7. The average Bonchev–Trinajstić information content (AvgIpc) is 2.97.